The van der Waals surface area contributed by atoms with Crippen molar-refractivity contribution in [3.8, 4) is 0 Å². The van der Waals surface area contributed by atoms with Crippen LogP contribution >= 0.6 is 21.6 Å². The molecule has 0 atom stereocenters. The Hall–Kier alpha value is 0.440. The highest BCUT2D eigenvalue weighted by atomic mass is 33.1. The smallest absolute Gasteiger partial charge is 0.0293 e. The van der Waals surface area contributed by atoms with Crippen LogP contribution < -0.4 is 0 Å². The van der Waals surface area contributed by atoms with E-state index in [1.54, 1.807) is 10.8 Å². The highest BCUT2D eigenvalue weighted by Gasteiger charge is 1.87. The van der Waals surface area contributed by atoms with E-state index in [-0.39, 0.29) is 0 Å². The molecule has 0 aliphatic carbocycles. The molecule has 0 fully saturated rings. The molecule has 27 valence electrons. The summed E-state index contributed by atoms with van der Waals surface area (Å²) in [6.07, 6.45) is 2.04. The maximum absolute atomic E-state index is 2.98. The Morgan fingerprint density at radius 2 is 2.80 bits per heavy atom. The first kappa shape index (κ1) is 3.62. The first-order valence-electron chi connectivity index (χ1n) is 1.36. The molecule has 2 heteroatoms. The molecule has 0 saturated carbocycles. The fourth-order valence-electron chi connectivity index (χ4n) is 0.170. The molecule has 0 aromatic carbocycles. The van der Waals surface area contributed by atoms with Crippen molar-refractivity contribution in [2.75, 3.05) is 5.75 Å². The molecule has 0 saturated heterocycles. The minimum atomic E-state index is 1.14. The van der Waals surface area contributed by atoms with Crippen molar-refractivity contribution in [3.05, 3.63) is 11.5 Å². The molecule has 1 aliphatic rings. The van der Waals surface area contributed by atoms with E-state index in [0.717, 1.165) is 5.75 Å². The van der Waals surface area contributed by atoms with Crippen molar-refractivity contribution in [2.24, 2.45) is 0 Å². The molecule has 1 rings (SSSR count). The van der Waals surface area contributed by atoms with E-state index in [1.165, 1.54) is 0 Å². The quantitative estimate of drug-likeness (QED) is 0.428. The Bertz CT molecular complexity index is 42.9. The molecule has 0 aromatic rings. The lowest BCUT2D eigenvalue weighted by molar-refractivity contribution is 1.82. The summed E-state index contributed by atoms with van der Waals surface area (Å²) in [4.78, 5) is 0. The summed E-state index contributed by atoms with van der Waals surface area (Å²) >= 11 is 0. The van der Waals surface area contributed by atoms with E-state index >= 15 is 0 Å². The zero-order chi connectivity index (χ0) is 3.54. The average Bonchev–Trinajstić information content (AvgIpc) is 1.76. The van der Waals surface area contributed by atoms with Crippen molar-refractivity contribution in [1.29, 1.82) is 0 Å². The van der Waals surface area contributed by atoms with Gasteiger partial charge in [-0.05, 0) is 0 Å². The molecule has 0 spiro atoms. The van der Waals surface area contributed by atoms with Crippen LogP contribution in [0.2, 0.25) is 0 Å². The summed E-state index contributed by atoms with van der Waals surface area (Å²) in [7, 11) is 3.51. The van der Waals surface area contributed by atoms with Crippen LogP contribution in [0.5, 0.6) is 0 Å². The zero-order valence-corrected chi connectivity index (χ0v) is 4.23. The lowest BCUT2D eigenvalue weighted by Crippen LogP contribution is -1.46. The number of hydrogen-bond donors (Lipinski definition) is 0. The summed E-state index contributed by atoms with van der Waals surface area (Å²) in [5, 5.41) is 2.98. The Morgan fingerprint density at radius 3 is 3.00 bits per heavy atom. The molecule has 0 aromatic heterocycles. The van der Waals surface area contributed by atoms with E-state index in [9.17, 15) is 0 Å². The first-order valence-corrected chi connectivity index (χ1v) is 3.68. The standard InChI is InChI=1S/C3H3S2/c1-2-4-5-3-1/h1H,2H2. The van der Waals surface area contributed by atoms with Crippen LogP contribution in [0.15, 0.2) is 6.08 Å². The Balaban J connectivity index is 2.32. The van der Waals surface area contributed by atoms with Crippen molar-refractivity contribution in [3.63, 3.8) is 0 Å². The minimum Gasteiger partial charge on any atom is -0.0847 e. The topological polar surface area (TPSA) is 0 Å². The van der Waals surface area contributed by atoms with Gasteiger partial charge >= 0.3 is 0 Å². The van der Waals surface area contributed by atoms with Gasteiger partial charge in [-0.3, -0.25) is 0 Å². The van der Waals surface area contributed by atoms with Gasteiger partial charge in [0.15, 0.2) is 0 Å². The van der Waals surface area contributed by atoms with Gasteiger partial charge in [0, 0.05) is 11.2 Å². The van der Waals surface area contributed by atoms with Crippen LogP contribution in [0.25, 0.3) is 0 Å². The molecule has 1 radical (unpaired) electrons. The van der Waals surface area contributed by atoms with Gasteiger partial charge < -0.3 is 0 Å². The first-order chi connectivity index (χ1) is 2.50. The summed E-state index contributed by atoms with van der Waals surface area (Å²) in [6, 6.07) is 0. The van der Waals surface area contributed by atoms with Crippen molar-refractivity contribution >= 4 is 21.6 Å². The van der Waals surface area contributed by atoms with Gasteiger partial charge in [-0.15, -0.1) is 0 Å². The van der Waals surface area contributed by atoms with E-state index in [0.29, 0.717) is 0 Å². The molecule has 0 unspecified atom stereocenters. The lowest BCUT2D eigenvalue weighted by Gasteiger charge is -1.69. The largest absolute Gasteiger partial charge is 0.0847 e. The van der Waals surface area contributed by atoms with Crippen LogP contribution in [0.1, 0.15) is 0 Å². The number of rotatable bonds is 0. The summed E-state index contributed by atoms with van der Waals surface area (Å²) in [5.74, 6) is 1.14. The monoisotopic (exact) mass is 103 g/mol. The van der Waals surface area contributed by atoms with Gasteiger partial charge in [0.05, 0.1) is 0 Å². The third-order valence-electron chi connectivity index (χ3n) is 0.342. The lowest BCUT2D eigenvalue weighted by atomic mass is 10.8. The fraction of sp³-hybridized carbons (Fsp3) is 0.333. The van der Waals surface area contributed by atoms with Crippen LogP contribution in [0, 0.1) is 5.41 Å². The molecule has 1 heterocycles. The molecule has 0 N–H and O–H groups in total. The molecule has 0 nitrogen and oxygen atoms in total. The van der Waals surface area contributed by atoms with Crippen LogP contribution in [0.3, 0.4) is 0 Å². The zero-order valence-electron chi connectivity index (χ0n) is 2.60. The van der Waals surface area contributed by atoms with Gasteiger partial charge in [-0.2, -0.15) is 0 Å². The van der Waals surface area contributed by atoms with Crippen LogP contribution in [0.4, 0.5) is 0 Å². The third-order valence-corrected chi connectivity index (χ3v) is 2.08. The van der Waals surface area contributed by atoms with Crippen LogP contribution in [-0.2, 0) is 0 Å². The maximum atomic E-state index is 2.98. The predicted octanol–water partition coefficient (Wildman–Crippen LogP) is 1.70. The maximum Gasteiger partial charge on any atom is 0.0293 e. The van der Waals surface area contributed by atoms with Gasteiger partial charge in [0.2, 0.25) is 0 Å². The van der Waals surface area contributed by atoms with E-state index in [4.69, 9.17) is 0 Å². The molecule has 5 heavy (non-hydrogen) atoms. The Morgan fingerprint density at radius 1 is 1.80 bits per heavy atom. The molecule has 1 aliphatic heterocycles. The van der Waals surface area contributed by atoms with Gasteiger partial charge in [-0.25, -0.2) is 0 Å². The van der Waals surface area contributed by atoms with E-state index < -0.39 is 0 Å². The summed E-state index contributed by atoms with van der Waals surface area (Å²) < 4.78 is 0. The fourth-order valence-corrected chi connectivity index (χ4v) is 1.53. The molecular formula is C3H3S2. The van der Waals surface area contributed by atoms with Crippen molar-refractivity contribution in [1.82, 2.24) is 0 Å². The third kappa shape index (κ3) is 0.893. The highest BCUT2D eigenvalue weighted by Crippen LogP contribution is 2.26. The van der Waals surface area contributed by atoms with E-state index in [1.807, 2.05) is 16.9 Å². The second kappa shape index (κ2) is 1.78. The SMILES string of the molecule is [C]1=CCSS1. The minimum absolute atomic E-state index is 1.14. The van der Waals surface area contributed by atoms with Crippen molar-refractivity contribution in [2.45, 2.75) is 0 Å². The van der Waals surface area contributed by atoms with Gasteiger partial charge in [0.25, 0.3) is 0 Å². The van der Waals surface area contributed by atoms with Crippen molar-refractivity contribution < 1.29 is 0 Å². The molecule has 0 amide bonds. The second-order valence-electron chi connectivity index (χ2n) is 0.690. The predicted molar refractivity (Wildman–Crippen MR) is 27.9 cm³/mol. The van der Waals surface area contributed by atoms with Crippen LogP contribution in [-0.4, -0.2) is 5.75 Å². The molecule has 0 bridgehead atoms. The molecular weight excluding hydrogens is 100 g/mol. The van der Waals surface area contributed by atoms with Gasteiger partial charge in [-0.1, -0.05) is 27.7 Å². The normalized spacial score (nSPS) is 20.8. The summed E-state index contributed by atoms with van der Waals surface area (Å²) in [6.45, 7) is 0. The second-order valence-corrected chi connectivity index (χ2v) is 2.87. The van der Waals surface area contributed by atoms with Gasteiger partial charge in [0.1, 0.15) is 0 Å². The highest BCUT2D eigenvalue weighted by molar-refractivity contribution is 8.77. The summed E-state index contributed by atoms with van der Waals surface area (Å²) in [5.41, 5.74) is 0. The average molecular weight is 103 g/mol. The number of hydrogen-bond acceptors (Lipinski definition) is 2. The Labute approximate surface area is 39.4 Å². The Kier molecular flexibility index (Phi) is 1.29. The van der Waals surface area contributed by atoms with E-state index in [2.05, 4.69) is 5.41 Å².